The molecule has 0 unspecified atom stereocenters. The van der Waals surface area contributed by atoms with Gasteiger partial charge in [0, 0.05) is 56.2 Å². The molecule has 0 aliphatic heterocycles. The van der Waals surface area contributed by atoms with Gasteiger partial charge < -0.3 is 14.5 Å². The van der Waals surface area contributed by atoms with Gasteiger partial charge in [-0.2, -0.15) is 0 Å². The van der Waals surface area contributed by atoms with Gasteiger partial charge in [-0.1, -0.05) is 17.7 Å². The summed E-state index contributed by atoms with van der Waals surface area (Å²) in [4.78, 5) is 24.4. The van der Waals surface area contributed by atoms with Crippen LogP contribution in [0.1, 0.15) is 11.1 Å². The van der Waals surface area contributed by atoms with Crippen molar-refractivity contribution in [2.45, 2.75) is 13.0 Å². The second-order valence-electron chi connectivity index (χ2n) is 5.63. The lowest BCUT2D eigenvalue weighted by Gasteiger charge is -2.19. The van der Waals surface area contributed by atoms with E-state index in [9.17, 15) is 4.79 Å². The molecule has 0 N–H and O–H groups in total. The van der Waals surface area contributed by atoms with E-state index in [0.29, 0.717) is 28.8 Å². The maximum Gasteiger partial charge on any atom is 0.227 e. The van der Waals surface area contributed by atoms with Crippen LogP contribution < -0.4 is 9.64 Å². The second kappa shape index (κ2) is 7.97. The average Bonchev–Trinajstić information content (AvgIpc) is 2.57. The average molecular weight is 349 g/mol. The number of halogens is 1. The Labute approximate surface area is 147 Å². The van der Waals surface area contributed by atoms with Gasteiger partial charge in [-0.15, -0.1) is 0 Å². The summed E-state index contributed by atoms with van der Waals surface area (Å²) >= 11 is 6.19. The SMILES string of the molecule is COc1cccc(Cl)c1CC(=O)N(C)Cc1cnc(N(C)C)nc1. The number of carbonyl (C=O) groups is 1. The molecular formula is C17H21ClN4O2. The van der Waals surface area contributed by atoms with E-state index in [1.54, 1.807) is 49.7 Å². The number of hydrogen-bond acceptors (Lipinski definition) is 5. The van der Waals surface area contributed by atoms with Crippen molar-refractivity contribution < 1.29 is 9.53 Å². The molecule has 0 saturated carbocycles. The number of rotatable bonds is 6. The van der Waals surface area contributed by atoms with Crippen LogP contribution in [0.15, 0.2) is 30.6 Å². The van der Waals surface area contributed by atoms with Crippen LogP contribution in [0.25, 0.3) is 0 Å². The van der Waals surface area contributed by atoms with E-state index >= 15 is 0 Å². The van der Waals surface area contributed by atoms with Crippen LogP contribution >= 0.6 is 11.6 Å². The van der Waals surface area contributed by atoms with Crippen molar-refractivity contribution in [3.8, 4) is 5.75 Å². The smallest absolute Gasteiger partial charge is 0.227 e. The van der Waals surface area contributed by atoms with Crippen LogP contribution in [0.4, 0.5) is 5.95 Å². The molecule has 1 aromatic heterocycles. The summed E-state index contributed by atoms with van der Waals surface area (Å²) < 4.78 is 5.28. The Morgan fingerprint density at radius 2 is 1.88 bits per heavy atom. The first kappa shape index (κ1) is 18.0. The van der Waals surface area contributed by atoms with Gasteiger partial charge in [-0.3, -0.25) is 4.79 Å². The molecule has 1 heterocycles. The summed E-state index contributed by atoms with van der Waals surface area (Å²) in [6.07, 6.45) is 3.63. The maximum absolute atomic E-state index is 12.5. The number of hydrogen-bond donors (Lipinski definition) is 0. The minimum atomic E-state index is -0.0573. The summed E-state index contributed by atoms with van der Waals surface area (Å²) in [7, 11) is 7.06. The van der Waals surface area contributed by atoms with Gasteiger partial charge in [0.15, 0.2) is 0 Å². The number of nitrogens with zero attached hydrogens (tertiary/aromatic N) is 4. The van der Waals surface area contributed by atoms with E-state index in [-0.39, 0.29) is 12.3 Å². The Bertz CT molecular complexity index is 704. The highest BCUT2D eigenvalue weighted by atomic mass is 35.5. The molecule has 0 atom stereocenters. The molecule has 2 rings (SSSR count). The van der Waals surface area contributed by atoms with Crippen LogP contribution in [0.3, 0.4) is 0 Å². The van der Waals surface area contributed by atoms with E-state index in [4.69, 9.17) is 16.3 Å². The van der Waals surface area contributed by atoms with Crippen molar-refractivity contribution in [3.63, 3.8) is 0 Å². The van der Waals surface area contributed by atoms with E-state index < -0.39 is 0 Å². The Hall–Kier alpha value is -2.34. The van der Waals surface area contributed by atoms with E-state index in [1.165, 1.54) is 0 Å². The molecular weight excluding hydrogens is 328 g/mol. The minimum absolute atomic E-state index is 0.0573. The predicted octanol–water partition coefficient (Wildman–Crippen LogP) is 2.41. The molecule has 0 radical (unpaired) electrons. The fourth-order valence-electron chi connectivity index (χ4n) is 2.21. The van der Waals surface area contributed by atoms with Crippen LogP contribution in [-0.2, 0) is 17.8 Å². The normalized spacial score (nSPS) is 10.4. The third-order valence-electron chi connectivity index (χ3n) is 3.56. The van der Waals surface area contributed by atoms with Crippen molar-refractivity contribution in [3.05, 3.63) is 46.7 Å². The maximum atomic E-state index is 12.5. The van der Waals surface area contributed by atoms with Gasteiger partial charge in [0.2, 0.25) is 11.9 Å². The van der Waals surface area contributed by atoms with E-state index in [2.05, 4.69) is 9.97 Å². The van der Waals surface area contributed by atoms with Crippen LogP contribution in [0, 0.1) is 0 Å². The molecule has 0 saturated heterocycles. The number of methoxy groups -OCH3 is 1. The largest absolute Gasteiger partial charge is 0.496 e. The first-order valence-corrected chi connectivity index (χ1v) is 7.83. The first-order chi connectivity index (χ1) is 11.4. The highest BCUT2D eigenvalue weighted by Crippen LogP contribution is 2.27. The molecule has 0 spiro atoms. The molecule has 2 aromatic rings. The van der Waals surface area contributed by atoms with Crippen molar-refractivity contribution in [2.24, 2.45) is 0 Å². The van der Waals surface area contributed by atoms with Gasteiger partial charge >= 0.3 is 0 Å². The summed E-state index contributed by atoms with van der Waals surface area (Å²) in [6.45, 7) is 0.430. The summed E-state index contributed by atoms with van der Waals surface area (Å²) in [5, 5.41) is 0.523. The lowest BCUT2D eigenvalue weighted by Crippen LogP contribution is -2.28. The summed E-state index contributed by atoms with van der Waals surface area (Å²) in [6, 6.07) is 5.34. The van der Waals surface area contributed by atoms with Gasteiger partial charge in [0.05, 0.1) is 13.5 Å². The van der Waals surface area contributed by atoms with Gasteiger partial charge in [-0.05, 0) is 12.1 Å². The molecule has 0 aliphatic rings. The standard InChI is InChI=1S/C17H21ClN4O2/c1-21(2)17-19-9-12(10-20-17)11-22(3)16(23)8-13-14(18)6-5-7-15(13)24-4/h5-7,9-10H,8,11H2,1-4H3. The number of likely N-dealkylation sites (N-methyl/N-ethyl adjacent to an activating group) is 1. The number of anilines is 1. The van der Waals surface area contributed by atoms with Crippen molar-refractivity contribution in [1.82, 2.24) is 14.9 Å². The third kappa shape index (κ3) is 4.35. The molecule has 1 aromatic carbocycles. The molecule has 128 valence electrons. The van der Waals surface area contributed by atoms with Gasteiger partial charge in [0.1, 0.15) is 5.75 Å². The minimum Gasteiger partial charge on any atom is -0.496 e. The fraction of sp³-hybridized carbons (Fsp3) is 0.353. The van der Waals surface area contributed by atoms with Crippen LogP contribution in [0.2, 0.25) is 5.02 Å². The topological polar surface area (TPSA) is 58.6 Å². The Balaban J connectivity index is 2.05. The van der Waals surface area contributed by atoms with Gasteiger partial charge in [-0.25, -0.2) is 9.97 Å². The Morgan fingerprint density at radius 3 is 2.46 bits per heavy atom. The zero-order valence-corrected chi connectivity index (χ0v) is 15.0. The van der Waals surface area contributed by atoms with Crippen molar-refractivity contribution in [2.75, 3.05) is 33.2 Å². The van der Waals surface area contributed by atoms with Gasteiger partial charge in [0.25, 0.3) is 0 Å². The molecule has 7 heteroatoms. The Morgan fingerprint density at radius 1 is 1.21 bits per heavy atom. The van der Waals surface area contributed by atoms with E-state index in [1.807, 2.05) is 19.0 Å². The van der Waals surface area contributed by atoms with Crippen molar-refractivity contribution in [1.29, 1.82) is 0 Å². The monoisotopic (exact) mass is 348 g/mol. The quantitative estimate of drug-likeness (QED) is 0.802. The first-order valence-electron chi connectivity index (χ1n) is 7.46. The molecule has 0 bridgehead atoms. The zero-order valence-electron chi connectivity index (χ0n) is 14.3. The fourth-order valence-corrected chi connectivity index (χ4v) is 2.44. The zero-order chi connectivity index (χ0) is 17.7. The number of benzene rings is 1. The predicted molar refractivity (Wildman–Crippen MR) is 94.5 cm³/mol. The van der Waals surface area contributed by atoms with Crippen molar-refractivity contribution >= 4 is 23.5 Å². The number of amides is 1. The lowest BCUT2D eigenvalue weighted by atomic mass is 10.1. The highest BCUT2D eigenvalue weighted by molar-refractivity contribution is 6.31. The molecule has 1 amide bonds. The Kier molecular flexibility index (Phi) is 5.98. The molecule has 0 fully saturated rings. The number of aromatic nitrogens is 2. The number of ether oxygens (including phenoxy) is 1. The second-order valence-corrected chi connectivity index (χ2v) is 6.04. The highest BCUT2D eigenvalue weighted by Gasteiger charge is 2.16. The number of carbonyl (C=O) groups excluding carboxylic acids is 1. The molecule has 24 heavy (non-hydrogen) atoms. The van der Waals surface area contributed by atoms with Crippen LogP contribution in [-0.4, -0.2) is 49.0 Å². The lowest BCUT2D eigenvalue weighted by molar-refractivity contribution is -0.129. The third-order valence-corrected chi connectivity index (χ3v) is 3.92. The molecule has 6 nitrogen and oxygen atoms in total. The van der Waals surface area contributed by atoms with E-state index in [0.717, 1.165) is 5.56 Å². The van der Waals surface area contributed by atoms with Crippen LogP contribution in [0.5, 0.6) is 5.75 Å². The molecule has 0 aliphatic carbocycles. The summed E-state index contributed by atoms with van der Waals surface area (Å²) in [5.41, 5.74) is 1.56. The summed E-state index contributed by atoms with van der Waals surface area (Å²) in [5.74, 6) is 1.19.